The predicted molar refractivity (Wildman–Crippen MR) is 102 cm³/mol. The van der Waals surface area contributed by atoms with E-state index in [0.717, 1.165) is 36.2 Å². The van der Waals surface area contributed by atoms with Gasteiger partial charge < -0.3 is 14.6 Å². The Labute approximate surface area is 157 Å². The first kappa shape index (κ1) is 20.2. The Morgan fingerprint density at radius 3 is 2.65 bits per heavy atom. The smallest absolute Gasteiger partial charge is 0.332 e. The average molecular weight is 385 g/mol. The topological polar surface area (TPSA) is 97.6 Å². The molecule has 1 atom stereocenters. The fourth-order valence-corrected chi connectivity index (χ4v) is 3.24. The van der Waals surface area contributed by atoms with Crippen LogP contribution in [0.2, 0.25) is 0 Å². The molecule has 0 amide bonds. The van der Waals surface area contributed by atoms with Crippen molar-refractivity contribution in [3.63, 3.8) is 0 Å². The number of aryl methyl sites for hydroxylation is 1. The molecule has 0 aromatic carbocycles. The molecule has 1 aliphatic rings. The van der Waals surface area contributed by atoms with Crippen molar-refractivity contribution in [2.24, 2.45) is 19.1 Å². The minimum absolute atomic E-state index is 0. The lowest BCUT2D eigenvalue weighted by Crippen LogP contribution is -2.39. The van der Waals surface area contributed by atoms with Crippen LogP contribution in [0.3, 0.4) is 0 Å². The van der Waals surface area contributed by atoms with E-state index in [9.17, 15) is 14.7 Å². The number of likely N-dealkylation sites (N-methyl/N-ethyl adjacent to an activating group) is 1. The van der Waals surface area contributed by atoms with Gasteiger partial charge >= 0.3 is 5.69 Å². The molecular weight excluding hydrogens is 360 g/mol. The van der Waals surface area contributed by atoms with Crippen molar-refractivity contribution in [1.82, 2.24) is 23.6 Å². The molecule has 26 heavy (non-hydrogen) atoms. The van der Waals surface area contributed by atoms with Crippen molar-refractivity contribution in [3.05, 3.63) is 27.2 Å². The maximum absolute atomic E-state index is 12.4. The summed E-state index contributed by atoms with van der Waals surface area (Å²) in [5.41, 5.74) is -0.183. The van der Waals surface area contributed by atoms with E-state index in [1.54, 1.807) is 11.6 Å². The molecule has 1 N–H and O–H groups in total. The van der Waals surface area contributed by atoms with Gasteiger partial charge in [0.25, 0.3) is 5.56 Å². The number of hydrogen-bond donors (Lipinski definition) is 1. The van der Waals surface area contributed by atoms with Crippen LogP contribution in [0.1, 0.15) is 19.3 Å². The summed E-state index contributed by atoms with van der Waals surface area (Å²) in [7, 11) is 4.93. The summed E-state index contributed by atoms with van der Waals surface area (Å²) in [5.74, 6) is 1.01. The Morgan fingerprint density at radius 2 is 2.00 bits per heavy atom. The van der Waals surface area contributed by atoms with Gasteiger partial charge in [0.05, 0.1) is 24.8 Å². The standard InChI is InChI=1S/C16H24N6O3.ClH/c1-19(12-6-4-5-7-17-12)8-11(23)9-22-10-18-14-13(22)15(24)21(3)16(25)20(14)2;/h10-11,23H,4-9H2,1-3H3;1H. The van der Waals surface area contributed by atoms with Gasteiger partial charge in [0, 0.05) is 40.7 Å². The lowest BCUT2D eigenvalue weighted by Gasteiger charge is -2.26. The largest absolute Gasteiger partial charge is 0.389 e. The first-order valence-electron chi connectivity index (χ1n) is 8.43. The maximum Gasteiger partial charge on any atom is 0.332 e. The lowest BCUT2D eigenvalue weighted by molar-refractivity contribution is 0.131. The highest BCUT2D eigenvalue weighted by atomic mass is 35.5. The summed E-state index contributed by atoms with van der Waals surface area (Å²) in [6.45, 7) is 1.48. The molecule has 3 heterocycles. The summed E-state index contributed by atoms with van der Waals surface area (Å²) in [4.78, 5) is 35.0. The lowest BCUT2D eigenvalue weighted by atomic mass is 10.1. The van der Waals surface area contributed by atoms with Gasteiger partial charge in [0.1, 0.15) is 0 Å². The Hall–Kier alpha value is -2.13. The number of nitrogens with zero attached hydrogens (tertiary/aromatic N) is 6. The van der Waals surface area contributed by atoms with Gasteiger partial charge in [-0.1, -0.05) is 0 Å². The highest BCUT2D eigenvalue weighted by molar-refractivity contribution is 5.85. The molecule has 0 saturated heterocycles. The molecule has 1 unspecified atom stereocenters. The van der Waals surface area contributed by atoms with E-state index >= 15 is 0 Å². The van der Waals surface area contributed by atoms with Crippen molar-refractivity contribution in [2.45, 2.75) is 31.9 Å². The van der Waals surface area contributed by atoms with Gasteiger partial charge in [-0.15, -0.1) is 12.4 Å². The van der Waals surface area contributed by atoms with Gasteiger partial charge in [0.15, 0.2) is 11.2 Å². The van der Waals surface area contributed by atoms with Crippen LogP contribution < -0.4 is 11.2 Å². The SMILES string of the molecule is CN(CC(O)Cn1cnc2c1c(=O)n(C)c(=O)n2C)C1=NCCCC1.Cl. The number of hydrogen-bond acceptors (Lipinski definition) is 6. The minimum Gasteiger partial charge on any atom is -0.389 e. The van der Waals surface area contributed by atoms with Crippen molar-refractivity contribution in [2.75, 3.05) is 20.1 Å². The van der Waals surface area contributed by atoms with Crippen LogP contribution in [-0.4, -0.2) is 60.8 Å². The molecule has 2 aromatic rings. The van der Waals surface area contributed by atoms with Gasteiger partial charge in [-0.05, 0) is 12.8 Å². The number of halogens is 1. The molecule has 0 aliphatic carbocycles. The summed E-state index contributed by atoms with van der Waals surface area (Å²) in [6, 6.07) is 0. The van der Waals surface area contributed by atoms with Crippen LogP contribution in [-0.2, 0) is 20.6 Å². The van der Waals surface area contributed by atoms with Crippen LogP contribution in [0.4, 0.5) is 0 Å². The molecule has 0 spiro atoms. The van der Waals surface area contributed by atoms with Gasteiger partial charge in [0.2, 0.25) is 0 Å². The zero-order valence-corrected chi connectivity index (χ0v) is 16.1. The normalized spacial score (nSPS) is 15.5. The first-order chi connectivity index (χ1) is 11.9. The number of aliphatic hydroxyl groups is 1. The second-order valence-corrected chi connectivity index (χ2v) is 6.56. The quantitative estimate of drug-likeness (QED) is 0.782. The van der Waals surface area contributed by atoms with Gasteiger partial charge in [-0.3, -0.25) is 18.9 Å². The van der Waals surface area contributed by atoms with E-state index in [4.69, 9.17) is 0 Å². The Kier molecular flexibility index (Phi) is 6.25. The molecular formula is C16H25ClN6O3. The molecule has 1 aliphatic heterocycles. The van der Waals surface area contributed by atoms with E-state index in [1.807, 2.05) is 11.9 Å². The number of fused-ring (bicyclic) bond motifs is 1. The third kappa shape index (κ3) is 3.68. The maximum atomic E-state index is 12.4. The molecule has 0 bridgehead atoms. The van der Waals surface area contributed by atoms with E-state index in [0.29, 0.717) is 17.7 Å². The van der Waals surface area contributed by atoms with Crippen molar-refractivity contribution < 1.29 is 5.11 Å². The Balaban J connectivity index is 0.00000243. The molecule has 2 aromatic heterocycles. The summed E-state index contributed by atoms with van der Waals surface area (Å²) in [6.07, 6.45) is 3.97. The number of aliphatic hydroxyl groups excluding tert-OH is 1. The van der Waals surface area contributed by atoms with Crippen LogP contribution in [0.25, 0.3) is 11.2 Å². The summed E-state index contributed by atoms with van der Waals surface area (Å²) < 4.78 is 4.00. The molecule has 0 fully saturated rings. The summed E-state index contributed by atoms with van der Waals surface area (Å²) >= 11 is 0. The highest BCUT2D eigenvalue weighted by Gasteiger charge is 2.18. The average Bonchev–Trinajstić information content (AvgIpc) is 3.02. The van der Waals surface area contributed by atoms with Gasteiger partial charge in [-0.25, -0.2) is 9.78 Å². The second-order valence-electron chi connectivity index (χ2n) is 6.56. The third-order valence-corrected chi connectivity index (χ3v) is 4.65. The number of imidazole rings is 1. The van der Waals surface area contributed by atoms with Gasteiger partial charge in [-0.2, -0.15) is 0 Å². The zero-order chi connectivity index (χ0) is 18.1. The fraction of sp³-hybridized carbons (Fsp3) is 0.625. The van der Waals surface area contributed by atoms with E-state index in [2.05, 4.69) is 9.98 Å². The van der Waals surface area contributed by atoms with E-state index in [1.165, 1.54) is 17.9 Å². The predicted octanol–water partition coefficient (Wildman–Crippen LogP) is -0.269. The number of amidine groups is 1. The summed E-state index contributed by atoms with van der Waals surface area (Å²) in [5, 5.41) is 10.4. The van der Waals surface area contributed by atoms with E-state index in [-0.39, 0.29) is 19.0 Å². The molecule has 0 radical (unpaired) electrons. The molecule has 3 rings (SSSR count). The second kappa shape index (κ2) is 8.05. The fourth-order valence-electron chi connectivity index (χ4n) is 3.24. The molecule has 9 nitrogen and oxygen atoms in total. The molecule has 144 valence electrons. The molecule has 10 heteroatoms. The number of aliphatic imine (C=N–C) groups is 1. The minimum atomic E-state index is -0.686. The number of rotatable bonds is 4. The monoisotopic (exact) mass is 384 g/mol. The van der Waals surface area contributed by atoms with Crippen molar-refractivity contribution in [3.8, 4) is 0 Å². The van der Waals surface area contributed by atoms with Crippen LogP contribution >= 0.6 is 12.4 Å². The van der Waals surface area contributed by atoms with E-state index < -0.39 is 17.4 Å². The molecule has 0 saturated carbocycles. The zero-order valence-electron chi connectivity index (χ0n) is 15.3. The third-order valence-electron chi connectivity index (χ3n) is 4.65. The Morgan fingerprint density at radius 1 is 1.27 bits per heavy atom. The van der Waals surface area contributed by atoms with Crippen molar-refractivity contribution >= 4 is 29.4 Å². The number of aromatic nitrogens is 4. The Bertz CT molecular complexity index is 928. The first-order valence-corrected chi connectivity index (χ1v) is 8.43. The highest BCUT2D eigenvalue weighted by Crippen LogP contribution is 2.10. The van der Waals surface area contributed by atoms with Crippen molar-refractivity contribution in [1.29, 1.82) is 0 Å². The van der Waals surface area contributed by atoms with Crippen LogP contribution in [0, 0.1) is 0 Å². The van der Waals surface area contributed by atoms with Crippen LogP contribution in [0.5, 0.6) is 0 Å². The van der Waals surface area contributed by atoms with Crippen LogP contribution in [0.15, 0.2) is 20.9 Å².